The Morgan fingerprint density at radius 2 is 2.50 bits per heavy atom. The van der Waals surface area contributed by atoms with Crippen LogP contribution in [0.15, 0.2) is 12.7 Å². The molecule has 0 aromatic carbocycles. The van der Waals surface area contributed by atoms with Crippen molar-refractivity contribution < 1.29 is 4.79 Å². The van der Waals surface area contributed by atoms with Crippen LogP contribution in [0.1, 0.15) is 13.0 Å². The molecule has 0 aliphatic rings. The van der Waals surface area contributed by atoms with Crippen LogP contribution in [0.3, 0.4) is 0 Å². The number of primary amides is 1. The minimum atomic E-state index is -0.414. The van der Waals surface area contributed by atoms with Gasteiger partial charge in [0.05, 0.1) is 0 Å². The fourth-order valence-corrected chi connectivity index (χ4v) is 0.548. The zero-order valence-corrected chi connectivity index (χ0v) is 5.56. The summed E-state index contributed by atoms with van der Waals surface area (Å²) in [4.78, 5) is 14.2. The fourth-order valence-electron chi connectivity index (χ4n) is 0.548. The Bertz CT molecular complexity index is 218. The molecular weight excluding hydrogens is 132 g/mol. The molecule has 5 heteroatoms. The first-order valence-corrected chi connectivity index (χ1v) is 2.85. The highest BCUT2D eigenvalue weighted by Gasteiger charge is 2.09. The van der Waals surface area contributed by atoms with Gasteiger partial charge in [0, 0.05) is 0 Å². The van der Waals surface area contributed by atoms with Crippen molar-refractivity contribution in [3.63, 3.8) is 0 Å². The number of nitrogens with zero attached hydrogens (tertiary/aromatic N) is 3. The molecular formula is C5H8N4O. The molecule has 1 atom stereocenters. The van der Waals surface area contributed by atoms with Crippen molar-refractivity contribution >= 4 is 5.91 Å². The van der Waals surface area contributed by atoms with Crippen LogP contribution in [0.5, 0.6) is 0 Å². The standard InChI is InChI=1S/C5H8N4O/c1-4(5(6)10)9-3-7-2-8-9/h2-4H,1H3,(H2,6,10)/t4-/m1/s1. The summed E-state index contributed by atoms with van der Waals surface area (Å²) < 4.78 is 1.41. The molecule has 0 bridgehead atoms. The van der Waals surface area contributed by atoms with Gasteiger partial charge in [0.25, 0.3) is 0 Å². The van der Waals surface area contributed by atoms with E-state index in [1.165, 1.54) is 17.3 Å². The Labute approximate surface area is 57.9 Å². The van der Waals surface area contributed by atoms with Crippen LogP contribution in [0.2, 0.25) is 0 Å². The first-order valence-electron chi connectivity index (χ1n) is 2.85. The predicted octanol–water partition coefficient (Wildman–Crippen LogP) is -0.676. The largest absolute Gasteiger partial charge is 0.368 e. The van der Waals surface area contributed by atoms with Gasteiger partial charge in [-0.1, -0.05) is 0 Å². The Morgan fingerprint density at radius 1 is 1.80 bits per heavy atom. The van der Waals surface area contributed by atoms with E-state index >= 15 is 0 Å². The average Bonchev–Trinajstić information content (AvgIpc) is 2.36. The summed E-state index contributed by atoms with van der Waals surface area (Å²) in [5.41, 5.74) is 5.00. The first-order chi connectivity index (χ1) is 4.72. The summed E-state index contributed by atoms with van der Waals surface area (Å²) in [7, 11) is 0. The predicted molar refractivity (Wildman–Crippen MR) is 33.9 cm³/mol. The highest BCUT2D eigenvalue weighted by molar-refractivity contribution is 5.77. The van der Waals surface area contributed by atoms with Crippen molar-refractivity contribution in [2.45, 2.75) is 13.0 Å². The second kappa shape index (κ2) is 2.47. The molecule has 0 saturated heterocycles. The van der Waals surface area contributed by atoms with Gasteiger partial charge in [-0.15, -0.1) is 0 Å². The summed E-state index contributed by atoms with van der Waals surface area (Å²) in [6, 6.07) is -0.414. The van der Waals surface area contributed by atoms with E-state index in [4.69, 9.17) is 5.73 Å². The van der Waals surface area contributed by atoms with Gasteiger partial charge in [0.2, 0.25) is 5.91 Å². The monoisotopic (exact) mass is 140 g/mol. The van der Waals surface area contributed by atoms with Gasteiger partial charge in [0.1, 0.15) is 18.7 Å². The number of amides is 1. The van der Waals surface area contributed by atoms with Crippen LogP contribution in [0, 0.1) is 0 Å². The lowest BCUT2D eigenvalue weighted by atomic mass is 10.3. The molecule has 2 N–H and O–H groups in total. The molecule has 0 fully saturated rings. The van der Waals surface area contributed by atoms with Crippen molar-refractivity contribution in [2.24, 2.45) is 5.73 Å². The minimum Gasteiger partial charge on any atom is -0.368 e. The van der Waals surface area contributed by atoms with E-state index in [2.05, 4.69) is 10.1 Å². The number of carbonyl (C=O) groups is 1. The third-order valence-corrected chi connectivity index (χ3v) is 1.25. The maximum absolute atomic E-state index is 10.5. The molecule has 1 heterocycles. The second-order valence-corrected chi connectivity index (χ2v) is 1.95. The van der Waals surface area contributed by atoms with Crippen molar-refractivity contribution in [1.29, 1.82) is 0 Å². The second-order valence-electron chi connectivity index (χ2n) is 1.95. The zero-order chi connectivity index (χ0) is 7.56. The van der Waals surface area contributed by atoms with E-state index < -0.39 is 11.9 Å². The number of nitrogens with two attached hydrogens (primary N) is 1. The lowest BCUT2D eigenvalue weighted by Gasteiger charge is -2.04. The van der Waals surface area contributed by atoms with Crippen molar-refractivity contribution in [1.82, 2.24) is 14.8 Å². The summed E-state index contributed by atoms with van der Waals surface area (Å²) in [5.74, 6) is -0.412. The molecule has 1 aromatic rings. The molecule has 0 aliphatic heterocycles. The Hall–Kier alpha value is -1.39. The summed E-state index contributed by atoms with van der Waals surface area (Å²) in [6.07, 6.45) is 2.81. The van der Waals surface area contributed by atoms with Gasteiger partial charge in [-0.3, -0.25) is 4.79 Å². The Morgan fingerprint density at radius 3 is 2.90 bits per heavy atom. The number of hydrogen-bond donors (Lipinski definition) is 1. The van der Waals surface area contributed by atoms with Gasteiger partial charge in [-0.2, -0.15) is 5.10 Å². The SMILES string of the molecule is C[C@H](C(N)=O)n1cncn1. The van der Waals surface area contributed by atoms with E-state index in [-0.39, 0.29) is 0 Å². The maximum atomic E-state index is 10.5. The summed E-state index contributed by atoms with van der Waals surface area (Å²) in [5, 5.41) is 3.74. The van der Waals surface area contributed by atoms with Crippen LogP contribution >= 0.6 is 0 Å². The van der Waals surface area contributed by atoms with E-state index in [1.54, 1.807) is 6.92 Å². The molecule has 0 aliphatic carbocycles. The zero-order valence-electron chi connectivity index (χ0n) is 5.56. The highest BCUT2D eigenvalue weighted by atomic mass is 16.1. The number of aromatic nitrogens is 3. The first kappa shape index (κ1) is 6.73. The van der Waals surface area contributed by atoms with Gasteiger partial charge >= 0.3 is 0 Å². The van der Waals surface area contributed by atoms with E-state index in [1.807, 2.05) is 0 Å². The van der Waals surface area contributed by atoms with E-state index in [0.29, 0.717) is 0 Å². The fraction of sp³-hybridized carbons (Fsp3) is 0.400. The van der Waals surface area contributed by atoms with Crippen molar-refractivity contribution in [3.8, 4) is 0 Å². The van der Waals surface area contributed by atoms with E-state index in [9.17, 15) is 4.79 Å². The van der Waals surface area contributed by atoms with Crippen LogP contribution in [-0.4, -0.2) is 20.7 Å². The van der Waals surface area contributed by atoms with Gasteiger partial charge in [-0.05, 0) is 6.92 Å². The van der Waals surface area contributed by atoms with Crippen LogP contribution in [0.4, 0.5) is 0 Å². The molecule has 0 unspecified atom stereocenters. The molecule has 0 radical (unpaired) electrons. The third kappa shape index (κ3) is 1.12. The van der Waals surface area contributed by atoms with E-state index in [0.717, 1.165) is 0 Å². The lowest BCUT2D eigenvalue weighted by molar-refractivity contribution is -0.120. The van der Waals surface area contributed by atoms with Crippen molar-refractivity contribution in [3.05, 3.63) is 12.7 Å². The molecule has 1 rings (SSSR count). The van der Waals surface area contributed by atoms with Crippen LogP contribution in [0.25, 0.3) is 0 Å². The van der Waals surface area contributed by atoms with Crippen LogP contribution < -0.4 is 5.73 Å². The minimum absolute atomic E-state index is 0.412. The number of carbonyl (C=O) groups excluding carboxylic acids is 1. The molecule has 10 heavy (non-hydrogen) atoms. The third-order valence-electron chi connectivity index (χ3n) is 1.25. The van der Waals surface area contributed by atoms with Crippen LogP contribution in [-0.2, 0) is 4.79 Å². The van der Waals surface area contributed by atoms with Gasteiger partial charge in [-0.25, -0.2) is 9.67 Å². The summed E-state index contributed by atoms with van der Waals surface area (Å²) in [6.45, 7) is 1.66. The number of rotatable bonds is 2. The van der Waals surface area contributed by atoms with Gasteiger partial charge < -0.3 is 5.73 Å². The Balaban J connectivity index is 2.77. The highest BCUT2D eigenvalue weighted by Crippen LogP contribution is 1.98. The smallest absolute Gasteiger partial charge is 0.242 e. The molecule has 0 saturated carbocycles. The molecule has 0 spiro atoms. The number of hydrogen-bond acceptors (Lipinski definition) is 3. The maximum Gasteiger partial charge on any atom is 0.242 e. The normalized spacial score (nSPS) is 12.9. The summed E-state index contributed by atoms with van der Waals surface area (Å²) >= 11 is 0. The molecule has 1 aromatic heterocycles. The average molecular weight is 140 g/mol. The molecule has 54 valence electrons. The topological polar surface area (TPSA) is 73.8 Å². The van der Waals surface area contributed by atoms with Gasteiger partial charge in [0.15, 0.2) is 0 Å². The quantitative estimate of drug-likeness (QED) is 0.591. The molecule has 5 nitrogen and oxygen atoms in total. The Kier molecular flexibility index (Phi) is 1.66. The molecule has 1 amide bonds. The van der Waals surface area contributed by atoms with Crippen molar-refractivity contribution in [2.75, 3.05) is 0 Å². The lowest BCUT2D eigenvalue weighted by Crippen LogP contribution is -2.24.